The predicted octanol–water partition coefficient (Wildman–Crippen LogP) is 0.983. The van der Waals surface area contributed by atoms with Gasteiger partial charge >= 0.3 is 0 Å². The van der Waals surface area contributed by atoms with E-state index in [0.29, 0.717) is 111 Å². The van der Waals surface area contributed by atoms with Crippen molar-refractivity contribution in [2.24, 2.45) is 0 Å². The fourth-order valence-corrected chi connectivity index (χ4v) is 2.42. The van der Waals surface area contributed by atoms with Gasteiger partial charge in [0.25, 0.3) is 0 Å². The van der Waals surface area contributed by atoms with Crippen molar-refractivity contribution in [1.82, 2.24) is 5.32 Å². The fourth-order valence-electron chi connectivity index (χ4n) is 2.42. The zero-order valence-corrected chi connectivity index (χ0v) is 20.0. The van der Waals surface area contributed by atoms with Crippen molar-refractivity contribution in [3.8, 4) is 5.75 Å². The Morgan fingerprint density at radius 2 is 0.909 bits per heavy atom. The Morgan fingerprint density at radius 1 is 0.545 bits per heavy atom. The van der Waals surface area contributed by atoms with Gasteiger partial charge < -0.3 is 48.9 Å². The number of nitrogen functional groups attached to an aromatic ring is 1. The third-order valence-electron chi connectivity index (χ3n) is 4.13. The Balaban J connectivity index is 1.67. The van der Waals surface area contributed by atoms with Gasteiger partial charge in [0.15, 0.2) is 0 Å². The van der Waals surface area contributed by atoms with E-state index in [1.54, 1.807) is 6.07 Å². The van der Waals surface area contributed by atoms with Gasteiger partial charge in [-0.2, -0.15) is 0 Å². The molecule has 1 aromatic rings. The topological polar surface area (TPSA) is 112 Å². The van der Waals surface area contributed by atoms with Crippen LogP contribution in [0.4, 0.5) is 5.69 Å². The van der Waals surface area contributed by atoms with Crippen LogP contribution in [-0.2, 0) is 33.2 Å². The molecule has 10 nitrogen and oxygen atoms in total. The van der Waals surface area contributed by atoms with E-state index < -0.39 is 0 Å². The normalized spacial score (nSPS) is 11.2. The smallest absolute Gasteiger partial charge is 0.142 e. The van der Waals surface area contributed by atoms with Crippen molar-refractivity contribution >= 4 is 5.69 Å². The number of para-hydroxylation sites is 2. The summed E-state index contributed by atoms with van der Waals surface area (Å²) >= 11 is 0. The van der Waals surface area contributed by atoms with Gasteiger partial charge in [-0.3, -0.25) is 0 Å². The minimum absolute atomic E-state index is 0.447. The number of ether oxygens (including phenoxy) is 8. The zero-order valence-electron chi connectivity index (χ0n) is 20.0. The maximum absolute atomic E-state index is 5.80. The Bertz CT molecular complexity index is 539. The SMILES string of the molecule is CNCCOCCOCCOCCOCCOCCOCCOCCOc1ccccc1N. The molecule has 1 aromatic carbocycles. The van der Waals surface area contributed by atoms with Gasteiger partial charge in [-0.25, -0.2) is 0 Å². The van der Waals surface area contributed by atoms with Crippen LogP contribution in [-0.4, -0.2) is 113 Å². The first-order valence-corrected chi connectivity index (χ1v) is 11.5. The second-order valence-corrected chi connectivity index (χ2v) is 6.78. The molecule has 3 N–H and O–H groups in total. The minimum atomic E-state index is 0.447. The highest BCUT2D eigenvalue weighted by Crippen LogP contribution is 2.19. The second kappa shape index (κ2) is 23.7. The average Bonchev–Trinajstić information content (AvgIpc) is 2.83. The summed E-state index contributed by atoms with van der Waals surface area (Å²) in [5, 5.41) is 3.02. The Hall–Kier alpha value is -1.50. The van der Waals surface area contributed by atoms with E-state index in [0.717, 1.165) is 6.54 Å². The highest BCUT2D eigenvalue weighted by molar-refractivity contribution is 5.51. The van der Waals surface area contributed by atoms with E-state index >= 15 is 0 Å². The lowest BCUT2D eigenvalue weighted by atomic mass is 10.3. The molecule has 0 aliphatic heterocycles. The lowest BCUT2D eigenvalue weighted by Gasteiger charge is -2.09. The molecule has 192 valence electrons. The molecule has 0 saturated carbocycles. The first-order chi connectivity index (χ1) is 16.3. The van der Waals surface area contributed by atoms with E-state index in [1.807, 2.05) is 25.2 Å². The van der Waals surface area contributed by atoms with Crippen LogP contribution >= 0.6 is 0 Å². The van der Waals surface area contributed by atoms with Crippen LogP contribution in [0.15, 0.2) is 24.3 Å². The van der Waals surface area contributed by atoms with Crippen molar-refractivity contribution in [2.45, 2.75) is 0 Å². The van der Waals surface area contributed by atoms with Gasteiger partial charge in [-0.05, 0) is 19.2 Å². The standard InChI is InChI=1S/C23H42N2O8/c1-25-6-7-26-8-9-27-10-11-28-12-13-29-14-15-30-16-17-31-18-19-32-20-21-33-23-5-3-2-4-22(23)24/h2-5,25H,6-21,24H2,1H3. The largest absolute Gasteiger partial charge is 0.489 e. The molecule has 0 fully saturated rings. The van der Waals surface area contributed by atoms with E-state index in [9.17, 15) is 0 Å². The van der Waals surface area contributed by atoms with Gasteiger partial charge in [0, 0.05) is 6.54 Å². The van der Waals surface area contributed by atoms with E-state index in [4.69, 9.17) is 43.6 Å². The van der Waals surface area contributed by atoms with Crippen LogP contribution in [0.1, 0.15) is 0 Å². The molecule has 0 aromatic heterocycles. The quantitative estimate of drug-likeness (QED) is 0.157. The molecule has 33 heavy (non-hydrogen) atoms. The number of rotatable bonds is 25. The number of hydrogen-bond donors (Lipinski definition) is 2. The van der Waals surface area contributed by atoms with E-state index in [1.165, 1.54) is 0 Å². The zero-order chi connectivity index (χ0) is 23.7. The van der Waals surface area contributed by atoms with Crippen LogP contribution in [0.2, 0.25) is 0 Å². The number of benzene rings is 1. The van der Waals surface area contributed by atoms with Gasteiger partial charge in [-0.15, -0.1) is 0 Å². The summed E-state index contributed by atoms with van der Waals surface area (Å²) in [4.78, 5) is 0. The van der Waals surface area contributed by atoms with Gasteiger partial charge in [0.05, 0.1) is 98.2 Å². The third kappa shape index (κ3) is 19.7. The van der Waals surface area contributed by atoms with Crippen molar-refractivity contribution in [2.75, 3.05) is 118 Å². The number of anilines is 1. The molecule has 0 atom stereocenters. The molecule has 0 spiro atoms. The van der Waals surface area contributed by atoms with Crippen LogP contribution in [0.3, 0.4) is 0 Å². The van der Waals surface area contributed by atoms with Crippen molar-refractivity contribution < 1.29 is 37.9 Å². The molecule has 0 heterocycles. The van der Waals surface area contributed by atoms with Crippen LogP contribution in [0.25, 0.3) is 0 Å². The number of nitrogens with two attached hydrogens (primary N) is 1. The van der Waals surface area contributed by atoms with Gasteiger partial charge in [-0.1, -0.05) is 12.1 Å². The number of nitrogens with one attached hydrogen (secondary N) is 1. The predicted molar refractivity (Wildman–Crippen MR) is 126 cm³/mol. The minimum Gasteiger partial charge on any atom is -0.489 e. The molecule has 0 radical (unpaired) electrons. The maximum atomic E-state index is 5.80. The highest BCUT2D eigenvalue weighted by Gasteiger charge is 1.98. The Kier molecular flexibility index (Phi) is 21.2. The highest BCUT2D eigenvalue weighted by atomic mass is 16.6. The summed E-state index contributed by atoms with van der Waals surface area (Å²) in [7, 11) is 1.90. The van der Waals surface area contributed by atoms with E-state index in [-0.39, 0.29) is 0 Å². The molecule has 0 saturated heterocycles. The molecule has 0 unspecified atom stereocenters. The van der Waals surface area contributed by atoms with Crippen molar-refractivity contribution in [3.63, 3.8) is 0 Å². The summed E-state index contributed by atoms with van der Waals surface area (Å²) < 4.78 is 43.5. The fraction of sp³-hybridized carbons (Fsp3) is 0.739. The Labute approximate surface area is 197 Å². The van der Waals surface area contributed by atoms with Crippen LogP contribution in [0, 0.1) is 0 Å². The average molecular weight is 475 g/mol. The summed E-state index contributed by atoms with van der Waals surface area (Å²) in [6, 6.07) is 7.39. The molecule has 0 aliphatic carbocycles. The summed E-state index contributed by atoms with van der Waals surface area (Å²) in [6.45, 7) is 8.93. The monoisotopic (exact) mass is 474 g/mol. The molecule has 0 aliphatic rings. The number of hydrogen-bond acceptors (Lipinski definition) is 10. The maximum Gasteiger partial charge on any atom is 0.142 e. The van der Waals surface area contributed by atoms with Crippen molar-refractivity contribution in [1.29, 1.82) is 0 Å². The van der Waals surface area contributed by atoms with Crippen molar-refractivity contribution in [3.05, 3.63) is 24.3 Å². The van der Waals surface area contributed by atoms with Gasteiger partial charge in [0.2, 0.25) is 0 Å². The first kappa shape index (κ1) is 29.5. The molecular weight excluding hydrogens is 432 g/mol. The lowest BCUT2D eigenvalue weighted by molar-refractivity contribution is -0.0210. The second-order valence-electron chi connectivity index (χ2n) is 6.78. The Morgan fingerprint density at radius 3 is 1.30 bits per heavy atom. The number of likely N-dealkylation sites (N-methyl/N-ethyl adjacent to an activating group) is 1. The molecule has 0 bridgehead atoms. The summed E-state index contributed by atoms with van der Waals surface area (Å²) in [5.74, 6) is 0.675. The van der Waals surface area contributed by atoms with E-state index in [2.05, 4.69) is 5.32 Å². The first-order valence-electron chi connectivity index (χ1n) is 11.5. The molecular formula is C23H42N2O8. The van der Waals surface area contributed by atoms with Crippen LogP contribution in [0.5, 0.6) is 5.75 Å². The summed E-state index contributed by atoms with van der Waals surface area (Å²) in [5.41, 5.74) is 6.42. The lowest BCUT2D eigenvalue weighted by Crippen LogP contribution is -2.17. The van der Waals surface area contributed by atoms with Gasteiger partial charge in [0.1, 0.15) is 12.4 Å². The summed E-state index contributed by atoms with van der Waals surface area (Å²) in [6.07, 6.45) is 0. The molecule has 1 rings (SSSR count). The molecule has 0 amide bonds. The third-order valence-corrected chi connectivity index (χ3v) is 4.13. The van der Waals surface area contributed by atoms with Crippen LogP contribution < -0.4 is 15.8 Å². The molecule has 10 heteroatoms.